The van der Waals surface area contributed by atoms with E-state index in [1.807, 2.05) is 12.1 Å². The maximum atomic E-state index is 5.63. The standard InChI is InChI=1S/C17H29NO3Si/c1-7-10-14(2)18-13-16-11-8-9-12-17(16)15(3)22(19-4,20-5)21-6/h8-9,11-12,15H,7,10,13H2,1-6H3. The van der Waals surface area contributed by atoms with Gasteiger partial charge in [0.05, 0.1) is 12.1 Å². The summed E-state index contributed by atoms with van der Waals surface area (Å²) in [5.41, 5.74) is 3.64. The van der Waals surface area contributed by atoms with Gasteiger partial charge in [0.25, 0.3) is 0 Å². The van der Waals surface area contributed by atoms with Crippen LogP contribution in [0.4, 0.5) is 0 Å². The van der Waals surface area contributed by atoms with E-state index in [0.29, 0.717) is 6.54 Å². The van der Waals surface area contributed by atoms with Crippen LogP contribution in [-0.4, -0.2) is 35.8 Å². The number of hydrogen-bond acceptors (Lipinski definition) is 4. The molecule has 5 heteroatoms. The smallest absolute Gasteiger partial charge is 0.376 e. The van der Waals surface area contributed by atoms with Crippen LogP contribution in [0.1, 0.15) is 50.3 Å². The minimum Gasteiger partial charge on any atom is -0.376 e. The predicted octanol–water partition coefficient (Wildman–Crippen LogP) is 3.97. The first kappa shape index (κ1) is 19.0. The third-order valence-corrected chi connectivity index (χ3v) is 7.12. The van der Waals surface area contributed by atoms with E-state index in [1.165, 1.54) is 16.8 Å². The summed E-state index contributed by atoms with van der Waals surface area (Å²) in [4.78, 5) is 4.70. The second kappa shape index (κ2) is 9.20. The SMILES string of the molecule is CCCC(C)=NCc1ccccc1C(C)[Si](OC)(OC)OC. The lowest BCUT2D eigenvalue weighted by Crippen LogP contribution is -2.48. The highest BCUT2D eigenvalue weighted by molar-refractivity contribution is 6.62. The normalized spacial score (nSPS) is 14.2. The highest BCUT2D eigenvalue weighted by Crippen LogP contribution is 2.30. The minimum atomic E-state index is -2.71. The van der Waals surface area contributed by atoms with Crippen LogP contribution in [0.3, 0.4) is 0 Å². The molecule has 1 rings (SSSR count). The molecule has 0 spiro atoms. The van der Waals surface area contributed by atoms with Gasteiger partial charge in [-0.1, -0.05) is 44.5 Å². The number of nitrogens with zero attached hydrogens (tertiary/aromatic N) is 1. The Morgan fingerprint density at radius 2 is 1.73 bits per heavy atom. The van der Waals surface area contributed by atoms with Gasteiger partial charge in [-0.25, -0.2) is 0 Å². The van der Waals surface area contributed by atoms with E-state index in [1.54, 1.807) is 21.3 Å². The second-order valence-corrected chi connectivity index (χ2v) is 8.74. The zero-order valence-electron chi connectivity index (χ0n) is 14.7. The molecular weight excluding hydrogens is 294 g/mol. The molecule has 1 atom stereocenters. The molecule has 0 amide bonds. The van der Waals surface area contributed by atoms with Crippen molar-refractivity contribution in [3.05, 3.63) is 35.4 Å². The molecular formula is C17H29NO3Si. The van der Waals surface area contributed by atoms with Gasteiger partial charge in [-0.2, -0.15) is 0 Å². The average molecular weight is 324 g/mol. The number of rotatable bonds is 9. The van der Waals surface area contributed by atoms with Gasteiger partial charge in [0.15, 0.2) is 0 Å². The molecule has 0 aliphatic rings. The van der Waals surface area contributed by atoms with Crippen molar-refractivity contribution in [1.82, 2.24) is 0 Å². The fourth-order valence-corrected chi connectivity index (χ4v) is 4.96. The van der Waals surface area contributed by atoms with Crippen molar-refractivity contribution in [2.24, 2.45) is 4.99 Å². The van der Waals surface area contributed by atoms with Gasteiger partial charge >= 0.3 is 8.80 Å². The van der Waals surface area contributed by atoms with Gasteiger partial charge in [0.1, 0.15) is 0 Å². The molecule has 0 radical (unpaired) electrons. The lowest BCUT2D eigenvalue weighted by molar-refractivity contribution is 0.114. The fourth-order valence-electron chi connectivity index (χ4n) is 2.73. The lowest BCUT2D eigenvalue weighted by atomic mass is 10.0. The van der Waals surface area contributed by atoms with Crippen LogP contribution in [0.5, 0.6) is 0 Å². The molecule has 1 aromatic rings. The molecule has 0 fully saturated rings. The van der Waals surface area contributed by atoms with Gasteiger partial charge in [0, 0.05) is 27.0 Å². The first-order valence-corrected chi connectivity index (χ1v) is 9.58. The lowest BCUT2D eigenvalue weighted by Gasteiger charge is -2.31. The van der Waals surface area contributed by atoms with Crippen molar-refractivity contribution in [2.45, 2.75) is 45.7 Å². The summed E-state index contributed by atoms with van der Waals surface area (Å²) >= 11 is 0. The van der Waals surface area contributed by atoms with E-state index in [-0.39, 0.29) is 5.54 Å². The molecule has 0 heterocycles. The molecule has 124 valence electrons. The molecule has 0 aliphatic carbocycles. The highest BCUT2D eigenvalue weighted by Gasteiger charge is 2.46. The maximum Gasteiger partial charge on any atom is 0.507 e. The van der Waals surface area contributed by atoms with Crippen LogP contribution in [0.25, 0.3) is 0 Å². The molecule has 22 heavy (non-hydrogen) atoms. The molecule has 0 bridgehead atoms. The summed E-state index contributed by atoms with van der Waals surface area (Å²) in [5.74, 6) is 0. The molecule has 0 aliphatic heterocycles. The Balaban J connectivity index is 3.07. The van der Waals surface area contributed by atoms with Gasteiger partial charge < -0.3 is 13.3 Å². The number of benzene rings is 1. The Labute approximate surface area is 135 Å². The summed E-state index contributed by atoms with van der Waals surface area (Å²) in [6.45, 7) is 7.05. The third-order valence-electron chi connectivity index (χ3n) is 4.04. The van der Waals surface area contributed by atoms with Crippen molar-refractivity contribution in [3.8, 4) is 0 Å². The monoisotopic (exact) mass is 323 g/mol. The van der Waals surface area contributed by atoms with Crippen molar-refractivity contribution in [2.75, 3.05) is 21.3 Å². The first-order valence-electron chi connectivity index (χ1n) is 7.77. The maximum absolute atomic E-state index is 5.63. The topological polar surface area (TPSA) is 40.0 Å². The van der Waals surface area contributed by atoms with Crippen LogP contribution in [0, 0.1) is 0 Å². The Morgan fingerprint density at radius 3 is 2.27 bits per heavy atom. The molecule has 0 N–H and O–H groups in total. The zero-order chi connectivity index (χ0) is 16.6. The Bertz CT molecular complexity index is 478. The summed E-state index contributed by atoms with van der Waals surface area (Å²) in [5, 5.41) is 0. The van der Waals surface area contributed by atoms with Gasteiger partial charge in [0.2, 0.25) is 0 Å². The Hall–Kier alpha value is -1.01. The van der Waals surface area contributed by atoms with E-state index in [0.717, 1.165) is 12.8 Å². The number of hydrogen-bond donors (Lipinski definition) is 0. The molecule has 4 nitrogen and oxygen atoms in total. The number of aliphatic imine (C=N–C) groups is 1. The van der Waals surface area contributed by atoms with E-state index in [2.05, 4.69) is 32.9 Å². The summed E-state index contributed by atoms with van der Waals surface area (Å²) in [6.07, 6.45) is 2.17. The largest absolute Gasteiger partial charge is 0.507 e. The molecule has 0 saturated carbocycles. The van der Waals surface area contributed by atoms with Gasteiger partial charge in [-0.3, -0.25) is 4.99 Å². The molecule has 1 aromatic carbocycles. The third kappa shape index (κ3) is 4.49. The van der Waals surface area contributed by atoms with E-state index >= 15 is 0 Å². The van der Waals surface area contributed by atoms with E-state index < -0.39 is 8.80 Å². The van der Waals surface area contributed by atoms with Crippen LogP contribution in [0.15, 0.2) is 29.3 Å². The van der Waals surface area contributed by atoms with Crippen LogP contribution < -0.4 is 0 Å². The quantitative estimate of drug-likeness (QED) is 0.510. The second-order valence-electron chi connectivity index (χ2n) is 5.44. The fraction of sp³-hybridized carbons (Fsp3) is 0.588. The van der Waals surface area contributed by atoms with Crippen LogP contribution in [0.2, 0.25) is 0 Å². The van der Waals surface area contributed by atoms with Gasteiger partial charge in [-0.05, 0) is 24.5 Å². The summed E-state index contributed by atoms with van der Waals surface area (Å²) in [7, 11) is 2.25. The van der Waals surface area contributed by atoms with Crippen LogP contribution >= 0.6 is 0 Å². The van der Waals surface area contributed by atoms with Crippen molar-refractivity contribution < 1.29 is 13.3 Å². The average Bonchev–Trinajstić information content (AvgIpc) is 2.55. The first-order chi connectivity index (χ1) is 10.5. The highest BCUT2D eigenvalue weighted by atomic mass is 28.4. The predicted molar refractivity (Wildman–Crippen MR) is 93.4 cm³/mol. The Morgan fingerprint density at radius 1 is 1.14 bits per heavy atom. The molecule has 0 saturated heterocycles. The van der Waals surface area contributed by atoms with Gasteiger partial charge in [-0.15, -0.1) is 0 Å². The minimum absolute atomic E-state index is 0.0605. The van der Waals surface area contributed by atoms with Crippen molar-refractivity contribution >= 4 is 14.5 Å². The summed E-state index contributed by atoms with van der Waals surface area (Å²) < 4.78 is 16.9. The zero-order valence-corrected chi connectivity index (χ0v) is 15.7. The van der Waals surface area contributed by atoms with E-state index in [9.17, 15) is 0 Å². The van der Waals surface area contributed by atoms with E-state index in [4.69, 9.17) is 18.3 Å². The van der Waals surface area contributed by atoms with Crippen molar-refractivity contribution in [1.29, 1.82) is 0 Å². The molecule has 1 unspecified atom stereocenters. The van der Waals surface area contributed by atoms with Crippen LogP contribution in [-0.2, 0) is 19.8 Å². The Kier molecular flexibility index (Phi) is 7.96. The summed E-state index contributed by atoms with van der Waals surface area (Å²) in [6, 6.07) is 8.32. The van der Waals surface area contributed by atoms with Crippen molar-refractivity contribution in [3.63, 3.8) is 0 Å². The molecule has 0 aromatic heterocycles.